The number of carbonyl (C=O) groups is 1. The SMILES string of the molecule is CCc1ccc(CC(=O)N[C@@H](C)CCN2CCOCC2)cc1. The van der Waals surface area contributed by atoms with Gasteiger partial charge in [0.25, 0.3) is 0 Å². The zero-order valence-electron chi connectivity index (χ0n) is 13.8. The Morgan fingerprint density at radius 1 is 1.23 bits per heavy atom. The number of morpholine rings is 1. The number of carbonyl (C=O) groups excluding carboxylic acids is 1. The van der Waals surface area contributed by atoms with Crippen LogP contribution in [0.3, 0.4) is 0 Å². The van der Waals surface area contributed by atoms with E-state index in [1.165, 1.54) is 5.56 Å². The molecule has 1 amide bonds. The van der Waals surface area contributed by atoms with Crippen molar-refractivity contribution in [3.63, 3.8) is 0 Å². The number of benzene rings is 1. The van der Waals surface area contributed by atoms with Gasteiger partial charge in [-0.3, -0.25) is 9.69 Å². The highest BCUT2D eigenvalue weighted by Gasteiger charge is 2.13. The first-order valence-electron chi connectivity index (χ1n) is 8.34. The van der Waals surface area contributed by atoms with Crippen molar-refractivity contribution < 1.29 is 9.53 Å². The van der Waals surface area contributed by atoms with Gasteiger partial charge in [0.15, 0.2) is 0 Å². The number of ether oxygens (including phenoxy) is 1. The van der Waals surface area contributed by atoms with Crippen LogP contribution in [0.25, 0.3) is 0 Å². The third-order valence-corrected chi connectivity index (χ3v) is 4.19. The third-order valence-electron chi connectivity index (χ3n) is 4.19. The van der Waals surface area contributed by atoms with Crippen molar-refractivity contribution in [1.29, 1.82) is 0 Å². The maximum absolute atomic E-state index is 12.1. The molecule has 0 saturated carbocycles. The molecule has 0 radical (unpaired) electrons. The molecule has 1 aliphatic heterocycles. The topological polar surface area (TPSA) is 41.6 Å². The van der Waals surface area contributed by atoms with Crippen LogP contribution in [0.4, 0.5) is 0 Å². The summed E-state index contributed by atoms with van der Waals surface area (Å²) in [6, 6.07) is 8.52. The molecule has 4 heteroatoms. The van der Waals surface area contributed by atoms with E-state index in [-0.39, 0.29) is 11.9 Å². The van der Waals surface area contributed by atoms with Gasteiger partial charge in [-0.1, -0.05) is 31.2 Å². The van der Waals surface area contributed by atoms with E-state index in [2.05, 4.69) is 48.3 Å². The predicted molar refractivity (Wildman–Crippen MR) is 89.0 cm³/mol. The maximum atomic E-state index is 12.1. The van der Waals surface area contributed by atoms with E-state index >= 15 is 0 Å². The largest absolute Gasteiger partial charge is 0.379 e. The maximum Gasteiger partial charge on any atom is 0.224 e. The summed E-state index contributed by atoms with van der Waals surface area (Å²) >= 11 is 0. The smallest absolute Gasteiger partial charge is 0.224 e. The Labute approximate surface area is 133 Å². The van der Waals surface area contributed by atoms with Crippen molar-refractivity contribution in [3.8, 4) is 0 Å². The summed E-state index contributed by atoms with van der Waals surface area (Å²) in [5, 5.41) is 3.10. The highest BCUT2D eigenvalue weighted by molar-refractivity contribution is 5.78. The Hall–Kier alpha value is -1.39. The quantitative estimate of drug-likeness (QED) is 0.838. The van der Waals surface area contributed by atoms with Crippen LogP contribution in [-0.4, -0.2) is 49.7 Å². The lowest BCUT2D eigenvalue weighted by atomic mass is 10.1. The van der Waals surface area contributed by atoms with Crippen LogP contribution in [0, 0.1) is 0 Å². The fraction of sp³-hybridized carbons (Fsp3) is 0.611. The van der Waals surface area contributed by atoms with Crippen molar-refractivity contribution in [2.24, 2.45) is 0 Å². The van der Waals surface area contributed by atoms with Crippen molar-refractivity contribution >= 4 is 5.91 Å². The van der Waals surface area contributed by atoms with Gasteiger partial charge >= 0.3 is 0 Å². The van der Waals surface area contributed by atoms with Crippen LogP contribution in [-0.2, 0) is 22.4 Å². The van der Waals surface area contributed by atoms with Gasteiger partial charge < -0.3 is 10.1 Å². The van der Waals surface area contributed by atoms with Crippen LogP contribution in [0.5, 0.6) is 0 Å². The summed E-state index contributed by atoms with van der Waals surface area (Å²) in [7, 11) is 0. The Bertz CT molecular complexity index is 453. The fourth-order valence-electron chi connectivity index (χ4n) is 2.68. The number of aryl methyl sites for hydroxylation is 1. The van der Waals surface area contributed by atoms with Gasteiger partial charge in [0, 0.05) is 25.7 Å². The second-order valence-corrected chi connectivity index (χ2v) is 6.06. The third kappa shape index (κ3) is 5.78. The fourth-order valence-corrected chi connectivity index (χ4v) is 2.68. The van der Waals surface area contributed by atoms with Crippen LogP contribution in [0.2, 0.25) is 0 Å². The molecule has 1 aromatic carbocycles. The Kier molecular flexibility index (Phi) is 6.87. The molecule has 1 aliphatic rings. The summed E-state index contributed by atoms with van der Waals surface area (Å²) in [5.74, 6) is 0.110. The Balaban J connectivity index is 1.68. The first-order chi connectivity index (χ1) is 10.7. The molecule has 1 N–H and O–H groups in total. The van der Waals surface area contributed by atoms with Crippen molar-refractivity contribution in [2.75, 3.05) is 32.8 Å². The van der Waals surface area contributed by atoms with E-state index < -0.39 is 0 Å². The molecular formula is C18H28N2O2. The zero-order valence-corrected chi connectivity index (χ0v) is 13.8. The first-order valence-corrected chi connectivity index (χ1v) is 8.34. The van der Waals surface area contributed by atoms with Crippen molar-refractivity contribution in [1.82, 2.24) is 10.2 Å². The number of nitrogens with zero attached hydrogens (tertiary/aromatic N) is 1. The number of rotatable bonds is 7. The molecule has 0 aliphatic carbocycles. The van der Waals surface area contributed by atoms with Crippen molar-refractivity contribution in [2.45, 2.75) is 39.2 Å². The molecule has 0 spiro atoms. The van der Waals surface area contributed by atoms with Crippen LogP contribution >= 0.6 is 0 Å². The summed E-state index contributed by atoms with van der Waals surface area (Å²) in [4.78, 5) is 14.5. The van der Waals surface area contributed by atoms with Gasteiger partial charge in [-0.25, -0.2) is 0 Å². The average Bonchev–Trinajstić information content (AvgIpc) is 2.54. The monoisotopic (exact) mass is 304 g/mol. The summed E-state index contributed by atoms with van der Waals surface area (Å²) in [6.45, 7) is 8.91. The van der Waals surface area contributed by atoms with E-state index in [1.54, 1.807) is 0 Å². The van der Waals surface area contributed by atoms with Gasteiger partial charge in [-0.2, -0.15) is 0 Å². The lowest BCUT2D eigenvalue weighted by Crippen LogP contribution is -2.40. The number of hydrogen-bond acceptors (Lipinski definition) is 3. The van der Waals surface area contributed by atoms with Crippen molar-refractivity contribution in [3.05, 3.63) is 35.4 Å². The van der Waals surface area contributed by atoms with Gasteiger partial charge in [0.1, 0.15) is 0 Å². The van der Waals surface area contributed by atoms with Crippen LogP contribution < -0.4 is 5.32 Å². The second-order valence-electron chi connectivity index (χ2n) is 6.06. The molecule has 1 heterocycles. The number of hydrogen-bond donors (Lipinski definition) is 1. The summed E-state index contributed by atoms with van der Waals surface area (Å²) in [5.41, 5.74) is 2.39. The molecule has 4 nitrogen and oxygen atoms in total. The highest BCUT2D eigenvalue weighted by atomic mass is 16.5. The van der Waals surface area contributed by atoms with E-state index in [0.29, 0.717) is 6.42 Å². The van der Waals surface area contributed by atoms with E-state index in [1.807, 2.05) is 0 Å². The van der Waals surface area contributed by atoms with Crippen LogP contribution in [0.1, 0.15) is 31.4 Å². The minimum absolute atomic E-state index is 0.110. The molecule has 1 aromatic rings. The molecule has 1 atom stereocenters. The minimum Gasteiger partial charge on any atom is -0.379 e. The van der Waals surface area contributed by atoms with Gasteiger partial charge in [0.2, 0.25) is 5.91 Å². The predicted octanol–water partition coefficient (Wildman–Crippen LogP) is 2.02. The normalized spacial score (nSPS) is 17.2. The lowest BCUT2D eigenvalue weighted by molar-refractivity contribution is -0.121. The lowest BCUT2D eigenvalue weighted by Gasteiger charge is -2.27. The van der Waals surface area contributed by atoms with E-state index in [4.69, 9.17) is 4.74 Å². The molecule has 1 saturated heterocycles. The molecule has 122 valence electrons. The molecule has 0 bridgehead atoms. The standard InChI is InChI=1S/C18H28N2O2/c1-3-16-4-6-17(7-5-16)14-18(21)19-15(2)8-9-20-10-12-22-13-11-20/h4-7,15H,3,8-14H2,1-2H3,(H,19,21)/t15-/m0/s1. The first kappa shape index (κ1) is 17.0. The average molecular weight is 304 g/mol. The molecule has 0 unspecified atom stereocenters. The Morgan fingerprint density at radius 3 is 2.50 bits per heavy atom. The zero-order chi connectivity index (χ0) is 15.8. The second kappa shape index (κ2) is 8.91. The molecule has 2 rings (SSSR count). The van der Waals surface area contributed by atoms with E-state index in [9.17, 15) is 4.79 Å². The minimum atomic E-state index is 0.110. The number of amides is 1. The Morgan fingerprint density at radius 2 is 1.86 bits per heavy atom. The van der Waals surface area contributed by atoms with Gasteiger partial charge in [0.05, 0.1) is 19.6 Å². The number of nitrogens with one attached hydrogen (secondary N) is 1. The molecule has 1 fully saturated rings. The van der Waals surface area contributed by atoms with Crippen LogP contribution in [0.15, 0.2) is 24.3 Å². The van der Waals surface area contributed by atoms with Gasteiger partial charge in [-0.15, -0.1) is 0 Å². The van der Waals surface area contributed by atoms with E-state index in [0.717, 1.165) is 51.3 Å². The van der Waals surface area contributed by atoms with Gasteiger partial charge in [-0.05, 0) is 30.9 Å². The molecule has 22 heavy (non-hydrogen) atoms. The molecule has 0 aromatic heterocycles. The molecular weight excluding hydrogens is 276 g/mol. The highest BCUT2D eigenvalue weighted by Crippen LogP contribution is 2.06. The summed E-state index contributed by atoms with van der Waals surface area (Å²) < 4.78 is 5.34. The summed E-state index contributed by atoms with van der Waals surface area (Å²) in [6.07, 6.45) is 2.48.